The van der Waals surface area contributed by atoms with E-state index in [0.717, 1.165) is 5.56 Å². The molecule has 0 heterocycles. The molecule has 0 aliphatic heterocycles. The van der Waals surface area contributed by atoms with Gasteiger partial charge >= 0.3 is 5.97 Å². The van der Waals surface area contributed by atoms with Crippen LogP contribution >= 0.6 is 0 Å². The van der Waals surface area contributed by atoms with E-state index in [9.17, 15) is 9.59 Å². The first-order valence-corrected chi connectivity index (χ1v) is 10.6. The molecular weight excluding hydrogens is 416 g/mol. The third-order valence-corrected chi connectivity index (χ3v) is 5.19. The molecule has 3 aromatic carbocycles. The lowest BCUT2D eigenvalue weighted by molar-refractivity contribution is 0.0734. The zero-order valence-electron chi connectivity index (χ0n) is 19.5. The van der Waals surface area contributed by atoms with Crippen LogP contribution in [0.2, 0.25) is 0 Å². The molecule has 0 radical (unpaired) electrons. The van der Waals surface area contributed by atoms with E-state index in [0.29, 0.717) is 33.9 Å². The summed E-state index contributed by atoms with van der Waals surface area (Å²) in [5, 5.41) is 0. The summed E-state index contributed by atoms with van der Waals surface area (Å²) in [7, 11) is 3.04. The molecule has 33 heavy (non-hydrogen) atoms. The van der Waals surface area contributed by atoms with Crippen molar-refractivity contribution in [3.63, 3.8) is 0 Å². The van der Waals surface area contributed by atoms with E-state index < -0.39 is 5.97 Å². The summed E-state index contributed by atoms with van der Waals surface area (Å²) in [6, 6.07) is 19.5. The van der Waals surface area contributed by atoms with Gasteiger partial charge in [-0.05, 0) is 59.5 Å². The highest BCUT2D eigenvalue weighted by molar-refractivity contribution is 6.09. The summed E-state index contributed by atoms with van der Waals surface area (Å²) < 4.78 is 16.1. The molecule has 0 saturated carbocycles. The first kappa shape index (κ1) is 23.8. The summed E-state index contributed by atoms with van der Waals surface area (Å²) in [5.41, 5.74) is 2.57. The van der Waals surface area contributed by atoms with Gasteiger partial charge in [0.2, 0.25) is 0 Å². The normalized spacial score (nSPS) is 11.3. The summed E-state index contributed by atoms with van der Waals surface area (Å²) >= 11 is 0. The van der Waals surface area contributed by atoms with Gasteiger partial charge in [0.05, 0.1) is 25.3 Å². The summed E-state index contributed by atoms with van der Waals surface area (Å²) in [5.74, 6) is 0.647. The van der Waals surface area contributed by atoms with Crippen LogP contribution < -0.4 is 14.2 Å². The number of hydrogen-bond donors (Lipinski definition) is 0. The molecule has 0 unspecified atom stereocenters. The number of carbonyl (C=O) groups is 2. The van der Waals surface area contributed by atoms with Crippen molar-refractivity contribution < 1.29 is 23.8 Å². The minimum absolute atomic E-state index is 0.00216. The predicted molar refractivity (Wildman–Crippen MR) is 129 cm³/mol. The maximum Gasteiger partial charge on any atom is 0.343 e. The minimum Gasteiger partial charge on any atom is -0.497 e. The molecule has 0 bridgehead atoms. The number of allylic oxidation sites excluding steroid dienone is 1. The van der Waals surface area contributed by atoms with Gasteiger partial charge in [-0.1, -0.05) is 51.1 Å². The van der Waals surface area contributed by atoms with Crippen LogP contribution in [0.25, 0.3) is 6.08 Å². The topological polar surface area (TPSA) is 61.8 Å². The molecule has 3 aromatic rings. The van der Waals surface area contributed by atoms with Crippen molar-refractivity contribution >= 4 is 17.8 Å². The number of carbonyl (C=O) groups excluding carboxylic acids is 2. The van der Waals surface area contributed by atoms with Crippen LogP contribution in [0.5, 0.6) is 17.2 Å². The van der Waals surface area contributed by atoms with Gasteiger partial charge in [0.25, 0.3) is 0 Å². The van der Waals surface area contributed by atoms with Gasteiger partial charge in [-0.3, -0.25) is 4.79 Å². The molecule has 5 heteroatoms. The van der Waals surface area contributed by atoms with E-state index in [-0.39, 0.29) is 11.2 Å². The summed E-state index contributed by atoms with van der Waals surface area (Å²) in [6.07, 6.45) is 3.04. The monoisotopic (exact) mass is 444 g/mol. The van der Waals surface area contributed by atoms with E-state index in [1.807, 2.05) is 18.2 Å². The molecule has 0 atom stereocenters. The Balaban J connectivity index is 1.80. The standard InChI is InChI=1S/C28H28O5/c1-28(2,3)21-13-10-20(11-14-21)27(30)33-25-9-7-6-8-19(25)12-16-24(29)23-18-22(31-4)15-17-26(23)32-5/h6-18H,1-5H3. The Labute approximate surface area is 194 Å². The van der Waals surface area contributed by atoms with Crippen molar-refractivity contribution in [3.8, 4) is 17.2 Å². The fourth-order valence-corrected chi connectivity index (χ4v) is 3.24. The van der Waals surface area contributed by atoms with Crippen LogP contribution in [0.15, 0.2) is 72.8 Å². The number of ketones is 1. The molecule has 0 amide bonds. The van der Waals surface area contributed by atoms with Crippen molar-refractivity contribution in [1.29, 1.82) is 0 Å². The van der Waals surface area contributed by atoms with Gasteiger partial charge < -0.3 is 14.2 Å². The highest BCUT2D eigenvalue weighted by atomic mass is 16.5. The number of methoxy groups -OCH3 is 2. The number of ether oxygens (including phenoxy) is 3. The lowest BCUT2D eigenvalue weighted by atomic mass is 9.87. The van der Waals surface area contributed by atoms with Crippen LogP contribution in [-0.2, 0) is 5.41 Å². The molecule has 0 aromatic heterocycles. The Morgan fingerprint density at radius 1 is 0.818 bits per heavy atom. The SMILES string of the molecule is COc1ccc(OC)c(C(=O)C=Cc2ccccc2OC(=O)c2ccc(C(C)(C)C)cc2)c1. The van der Waals surface area contributed by atoms with E-state index >= 15 is 0 Å². The van der Waals surface area contributed by atoms with Gasteiger partial charge in [0, 0.05) is 5.56 Å². The van der Waals surface area contributed by atoms with Crippen LogP contribution in [0, 0.1) is 0 Å². The van der Waals surface area contributed by atoms with Gasteiger partial charge in [0.1, 0.15) is 17.2 Å². The molecule has 0 N–H and O–H groups in total. The van der Waals surface area contributed by atoms with Crippen molar-refractivity contribution in [3.05, 3.63) is 95.1 Å². The smallest absolute Gasteiger partial charge is 0.343 e. The second kappa shape index (κ2) is 10.2. The lowest BCUT2D eigenvalue weighted by Crippen LogP contribution is -2.13. The van der Waals surface area contributed by atoms with Gasteiger partial charge in [-0.2, -0.15) is 0 Å². The van der Waals surface area contributed by atoms with E-state index in [1.165, 1.54) is 20.3 Å². The van der Waals surface area contributed by atoms with E-state index in [2.05, 4.69) is 20.8 Å². The Hall–Kier alpha value is -3.86. The zero-order chi connectivity index (χ0) is 24.0. The Morgan fingerprint density at radius 3 is 2.15 bits per heavy atom. The molecule has 0 fully saturated rings. The number of para-hydroxylation sites is 1. The molecule has 0 aliphatic carbocycles. The maximum absolute atomic E-state index is 12.8. The Bertz CT molecular complexity index is 1170. The lowest BCUT2D eigenvalue weighted by Gasteiger charge is -2.19. The zero-order valence-corrected chi connectivity index (χ0v) is 19.5. The van der Waals surface area contributed by atoms with Crippen molar-refractivity contribution in [2.24, 2.45) is 0 Å². The second-order valence-corrected chi connectivity index (χ2v) is 8.52. The number of esters is 1. The predicted octanol–water partition coefficient (Wildman–Crippen LogP) is 6.12. The summed E-state index contributed by atoms with van der Waals surface area (Å²) in [4.78, 5) is 25.5. The molecule has 0 aliphatic rings. The fraction of sp³-hybridized carbons (Fsp3) is 0.214. The minimum atomic E-state index is -0.461. The molecule has 3 rings (SSSR count). The average molecular weight is 445 g/mol. The quantitative estimate of drug-likeness (QED) is 0.190. The largest absolute Gasteiger partial charge is 0.497 e. The molecule has 5 nitrogen and oxygen atoms in total. The van der Waals surface area contributed by atoms with Crippen molar-refractivity contribution in [1.82, 2.24) is 0 Å². The van der Waals surface area contributed by atoms with Crippen LogP contribution in [0.4, 0.5) is 0 Å². The number of hydrogen-bond acceptors (Lipinski definition) is 5. The molecule has 0 saturated heterocycles. The van der Waals surface area contributed by atoms with Gasteiger partial charge in [-0.15, -0.1) is 0 Å². The molecular formula is C28H28O5. The van der Waals surface area contributed by atoms with Crippen LogP contribution in [0.1, 0.15) is 52.6 Å². The Kier molecular flexibility index (Phi) is 7.34. The highest BCUT2D eigenvalue weighted by Gasteiger charge is 2.16. The summed E-state index contributed by atoms with van der Waals surface area (Å²) in [6.45, 7) is 6.35. The molecule has 170 valence electrons. The third kappa shape index (κ3) is 5.89. The highest BCUT2D eigenvalue weighted by Crippen LogP contribution is 2.27. The second-order valence-electron chi connectivity index (χ2n) is 8.52. The average Bonchev–Trinajstić information content (AvgIpc) is 2.82. The first-order valence-electron chi connectivity index (χ1n) is 10.6. The van der Waals surface area contributed by atoms with E-state index in [1.54, 1.807) is 54.6 Å². The maximum atomic E-state index is 12.8. The van der Waals surface area contributed by atoms with Crippen LogP contribution in [-0.4, -0.2) is 26.0 Å². The van der Waals surface area contributed by atoms with Gasteiger partial charge in [-0.25, -0.2) is 4.79 Å². The fourth-order valence-electron chi connectivity index (χ4n) is 3.24. The number of rotatable bonds is 7. The third-order valence-electron chi connectivity index (χ3n) is 5.19. The van der Waals surface area contributed by atoms with Crippen LogP contribution in [0.3, 0.4) is 0 Å². The van der Waals surface area contributed by atoms with Gasteiger partial charge in [0.15, 0.2) is 5.78 Å². The molecule has 0 spiro atoms. The van der Waals surface area contributed by atoms with Crippen molar-refractivity contribution in [2.75, 3.05) is 14.2 Å². The van der Waals surface area contributed by atoms with E-state index in [4.69, 9.17) is 14.2 Å². The Morgan fingerprint density at radius 2 is 1.52 bits per heavy atom. The number of benzene rings is 3. The first-order chi connectivity index (χ1) is 15.7. The van der Waals surface area contributed by atoms with Crippen molar-refractivity contribution in [2.45, 2.75) is 26.2 Å².